The van der Waals surface area contributed by atoms with Crippen LogP contribution < -0.4 is 4.74 Å². The molecule has 0 radical (unpaired) electrons. The number of piperidine rings is 1. The van der Waals surface area contributed by atoms with Gasteiger partial charge in [-0.3, -0.25) is 4.79 Å². The van der Waals surface area contributed by atoms with E-state index in [1.165, 1.54) is 12.1 Å². The van der Waals surface area contributed by atoms with Crippen molar-refractivity contribution in [3.8, 4) is 6.01 Å². The highest BCUT2D eigenvalue weighted by molar-refractivity contribution is 5.91. The summed E-state index contributed by atoms with van der Waals surface area (Å²) in [7, 11) is 0. The van der Waals surface area contributed by atoms with Crippen molar-refractivity contribution in [2.24, 2.45) is 0 Å². The van der Waals surface area contributed by atoms with Crippen molar-refractivity contribution < 1.29 is 13.9 Å². The minimum absolute atomic E-state index is 0.104. The first kappa shape index (κ1) is 17.9. The number of rotatable bonds is 4. The predicted octanol–water partition coefficient (Wildman–Crippen LogP) is 3.33. The highest BCUT2D eigenvalue weighted by Crippen LogP contribution is 2.50. The SMILES string of the molecule is Cc1cc(C)nc(OC2CCCN(C(=O)C3(c4ccc(F)cc4)CC3)C2)n1. The summed E-state index contributed by atoms with van der Waals surface area (Å²) in [6.07, 6.45) is 3.30. The van der Waals surface area contributed by atoms with Gasteiger partial charge in [0.1, 0.15) is 11.9 Å². The van der Waals surface area contributed by atoms with Crippen molar-refractivity contribution >= 4 is 5.91 Å². The van der Waals surface area contributed by atoms with Crippen LogP contribution in [0.3, 0.4) is 0 Å². The van der Waals surface area contributed by atoms with Crippen molar-refractivity contribution in [1.29, 1.82) is 0 Å². The fourth-order valence-corrected chi connectivity index (χ4v) is 3.94. The molecule has 27 heavy (non-hydrogen) atoms. The number of hydrogen-bond acceptors (Lipinski definition) is 4. The van der Waals surface area contributed by atoms with Crippen molar-refractivity contribution in [1.82, 2.24) is 14.9 Å². The molecule has 0 spiro atoms. The van der Waals surface area contributed by atoms with Gasteiger partial charge >= 0.3 is 6.01 Å². The maximum absolute atomic E-state index is 13.2. The number of amides is 1. The number of benzene rings is 1. The largest absolute Gasteiger partial charge is 0.458 e. The summed E-state index contributed by atoms with van der Waals surface area (Å²) in [5.74, 6) is -0.148. The second-order valence-electron chi connectivity index (χ2n) is 7.66. The van der Waals surface area contributed by atoms with E-state index in [1.807, 2.05) is 24.8 Å². The number of carbonyl (C=O) groups is 1. The Bertz CT molecular complexity index is 829. The second kappa shape index (κ2) is 6.91. The summed E-state index contributed by atoms with van der Waals surface area (Å²) < 4.78 is 19.2. The topological polar surface area (TPSA) is 55.3 Å². The predicted molar refractivity (Wildman–Crippen MR) is 99.0 cm³/mol. The maximum Gasteiger partial charge on any atom is 0.317 e. The van der Waals surface area contributed by atoms with Gasteiger partial charge < -0.3 is 9.64 Å². The van der Waals surface area contributed by atoms with E-state index >= 15 is 0 Å². The number of aryl methyl sites for hydroxylation is 2. The summed E-state index contributed by atoms with van der Waals surface area (Å²) in [5.41, 5.74) is 2.17. The fourth-order valence-electron chi connectivity index (χ4n) is 3.94. The molecule has 1 aliphatic heterocycles. The molecule has 2 aromatic rings. The van der Waals surface area contributed by atoms with E-state index in [4.69, 9.17) is 4.74 Å². The molecule has 1 unspecified atom stereocenters. The van der Waals surface area contributed by atoms with Crippen LogP contribution in [0.15, 0.2) is 30.3 Å². The number of hydrogen-bond donors (Lipinski definition) is 0. The highest BCUT2D eigenvalue weighted by atomic mass is 19.1. The molecule has 4 rings (SSSR count). The Morgan fingerprint density at radius 3 is 2.48 bits per heavy atom. The number of ether oxygens (including phenoxy) is 1. The first-order valence-electron chi connectivity index (χ1n) is 9.51. The number of nitrogens with zero attached hydrogens (tertiary/aromatic N) is 3. The van der Waals surface area contributed by atoms with Crippen molar-refractivity contribution in [2.75, 3.05) is 13.1 Å². The van der Waals surface area contributed by atoms with Gasteiger partial charge in [-0.15, -0.1) is 0 Å². The van der Waals surface area contributed by atoms with Crippen molar-refractivity contribution in [2.45, 2.75) is 51.0 Å². The third-order valence-electron chi connectivity index (χ3n) is 5.46. The molecule has 6 heteroatoms. The van der Waals surface area contributed by atoms with Gasteiger partial charge in [-0.25, -0.2) is 14.4 Å². The Morgan fingerprint density at radius 1 is 1.19 bits per heavy atom. The smallest absolute Gasteiger partial charge is 0.317 e. The standard InChI is InChI=1S/C21H24FN3O2/c1-14-12-15(2)24-20(23-14)27-18-4-3-11-25(13-18)19(26)21(9-10-21)16-5-7-17(22)8-6-16/h5-8,12,18H,3-4,9-11,13H2,1-2H3. The monoisotopic (exact) mass is 369 g/mol. The second-order valence-corrected chi connectivity index (χ2v) is 7.66. The minimum Gasteiger partial charge on any atom is -0.458 e. The summed E-state index contributed by atoms with van der Waals surface area (Å²) >= 11 is 0. The molecule has 142 valence electrons. The summed E-state index contributed by atoms with van der Waals surface area (Å²) in [5, 5.41) is 0. The lowest BCUT2D eigenvalue weighted by atomic mass is 9.93. The van der Waals surface area contributed by atoms with Gasteiger partial charge in [0.05, 0.1) is 12.0 Å². The number of halogens is 1. The molecule has 0 bridgehead atoms. The number of likely N-dealkylation sites (tertiary alicyclic amines) is 1. The Hall–Kier alpha value is -2.50. The first-order chi connectivity index (χ1) is 13.0. The van der Waals surface area contributed by atoms with Gasteiger partial charge in [0, 0.05) is 17.9 Å². The average molecular weight is 369 g/mol. The summed E-state index contributed by atoms with van der Waals surface area (Å²) in [6.45, 7) is 5.10. The van der Waals surface area contributed by atoms with Gasteiger partial charge in [-0.2, -0.15) is 0 Å². The normalized spacial score (nSPS) is 21.0. The summed E-state index contributed by atoms with van der Waals surface area (Å²) in [4.78, 5) is 23.8. The van der Waals surface area contributed by atoms with Crippen LogP contribution in [-0.4, -0.2) is 40.0 Å². The van der Waals surface area contributed by atoms with Crippen LogP contribution in [-0.2, 0) is 10.2 Å². The lowest BCUT2D eigenvalue weighted by Gasteiger charge is -2.35. The van der Waals surface area contributed by atoms with Crippen molar-refractivity contribution in [3.05, 3.63) is 53.1 Å². The van der Waals surface area contributed by atoms with Crippen LogP contribution in [0.5, 0.6) is 6.01 Å². The minimum atomic E-state index is -0.480. The van der Waals surface area contributed by atoms with E-state index in [9.17, 15) is 9.18 Å². The molecule has 1 aliphatic carbocycles. The third kappa shape index (κ3) is 3.66. The quantitative estimate of drug-likeness (QED) is 0.830. The van der Waals surface area contributed by atoms with E-state index in [2.05, 4.69) is 9.97 Å². The third-order valence-corrected chi connectivity index (χ3v) is 5.46. The van der Waals surface area contributed by atoms with Crippen LogP contribution in [0, 0.1) is 19.7 Å². The Balaban J connectivity index is 1.46. The Morgan fingerprint density at radius 2 is 1.85 bits per heavy atom. The molecule has 1 saturated heterocycles. The van der Waals surface area contributed by atoms with E-state index in [0.29, 0.717) is 12.6 Å². The van der Waals surface area contributed by atoms with Crippen LogP contribution >= 0.6 is 0 Å². The number of aromatic nitrogens is 2. The van der Waals surface area contributed by atoms with E-state index in [-0.39, 0.29) is 17.8 Å². The molecule has 1 atom stereocenters. The van der Waals surface area contributed by atoms with Gasteiger partial charge in [-0.1, -0.05) is 12.1 Å². The molecule has 1 aromatic carbocycles. The zero-order valence-corrected chi connectivity index (χ0v) is 15.7. The van der Waals surface area contributed by atoms with E-state index in [1.54, 1.807) is 12.1 Å². The molecule has 1 amide bonds. The van der Waals surface area contributed by atoms with Gasteiger partial charge in [0.2, 0.25) is 5.91 Å². The Labute approximate surface area is 158 Å². The molecular weight excluding hydrogens is 345 g/mol. The molecule has 1 saturated carbocycles. The van der Waals surface area contributed by atoms with E-state index in [0.717, 1.165) is 49.2 Å². The lowest BCUT2D eigenvalue weighted by Crippen LogP contribution is -2.48. The number of carbonyl (C=O) groups excluding carboxylic acids is 1. The molecule has 2 fully saturated rings. The molecule has 2 heterocycles. The lowest BCUT2D eigenvalue weighted by molar-refractivity contribution is -0.136. The molecule has 5 nitrogen and oxygen atoms in total. The fraction of sp³-hybridized carbons (Fsp3) is 0.476. The Kier molecular flexibility index (Phi) is 4.58. The molecule has 2 aliphatic rings. The first-order valence-corrected chi connectivity index (χ1v) is 9.51. The van der Waals surface area contributed by atoms with Gasteiger partial charge in [-0.05, 0) is 63.3 Å². The van der Waals surface area contributed by atoms with Gasteiger partial charge in [0.15, 0.2) is 0 Å². The highest BCUT2D eigenvalue weighted by Gasteiger charge is 2.53. The zero-order chi connectivity index (χ0) is 19.0. The molecule has 1 aromatic heterocycles. The average Bonchev–Trinajstić information content (AvgIpc) is 3.43. The van der Waals surface area contributed by atoms with Crippen molar-refractivity contribution in [3.63, 3.8) is 0 Å². The van der Waals surface area contributed by atoms with Gasteiger partial charge in [0.25, 0.3) is 0 Å². The van der Waals surface area contributed by atoms with Crippen LogP contribution in [0.1, 0.15) is 42.6 Å². The molecular formula is C21H24FN3O2. The van der Waals surface area contributed by atoms with E-state index < -0.39 is 5.41 Å². The maximum atomic E-state index is 13.2. The van der Waals surface area contributed by atoms with Crippen LogP contribution in [0.25, 0.3) is 0 Å². The van der Waals surface area contributed by atoms with Crippen LogP contribution in [0.2, 0.25) is 0 Å². The molecule has 0 N–H and O–H groups in total. The van der Waals surface area contributed by atoms with Crippen LogP contribution in [0.4, 0.5) is 4.39 Å². The zero-order valence-electron chi connectivity index (χ0n) is 15.7. The summed E-state index contributed by atoms with van der Waals surface area (Å²) in [6, 6.07) is 8.63.